The SMILES string of the molecule is NC(c1cnn2ccncc12)C1CCC1. The Morgan fingerprint density at radius 3 is 3.00 bits per heavy atom. The molecule has 0 aliphatic heterocycles. The lowest BCUT2D eigenvalue weighted by molar-refractivity contribution is 0.265. The summed E-state index contributed by atoms with van der Waals surface area (Å²) in [6, 6.07) is 0.125. The Labute approximate surface area is 88.1 Å². The number of nitrogens with zero attached hydrogens (tertiary/aromatic N) is 3. The lowest BCUT2D eigenvalue weighted by atomic mass is 9.78. The van der Waals surface area contributed by atoms with Crippen LogP contribution >= 0.6 is 0 Å². The summed E-state index contributed by atoms with van der Waals surface area (Å²) in [6.07, 6.45) is 11.1. The summed E-state index contributed by atoms with van der Waals surface area (Å²) >= 11 is 0. The normalized spacial score (nSPS) is 19.0. The van der Waals surface area contributed by atoms with Gasteiger partial charge in [0.15, 0.2) is 0 Å². The van der Waals surface area contributed by atoms with E-state index in [1.807, 2.05) is 23.1 Å². The zero-order valence-electron chi connectivity index (χ0n) is 8.50. The number of rotatable bonds is 2. The molecule has 1 fully saturated rings. The zero-order chi connectivity index (χ0) is 10.3. The average molecular weight is 202 g/mol. The van der Waals surface area contributed by atoms with Gasteiger partial charge in [0.2, 0.25) is 0 Å². The number of aromatic nitrogens is 3. The fourth-order valence-electron chi connectivity index (χ4n) is 2.16. The molecule has 0 amide bonds. The van der Waals surface area contributed by atoms with Crippen molar-refractivity contribution in [1.82, 2.24) is 14.6 Å². The Kier molecular flexibility index (Phi) is 1.95. The maximum Gasteiger partial charge on any atom is 0.0892 e. The molecule has 2 aromatic heterocycles. The topological polar surface area (TPSA) is 56.2 Å². The maximum atomic E-state index is 6.23. The van der Waals surface area contributed by atoms with Gasteiger partial charge in [0.1, 0.15) is 0 Å². The van der Waals surface area contributed by atoms with E-state index in [-0.39, 0.29) is 6.04 Å². The van der Waals surface area contributed by atoms with Gasteiger partial charge in [-0.25, -0.2) is 4.52 Å². The van der Waals surface area contributed by atoms with Crippen LogP contribution in [-0.4, -0.2) is 14.6 Å². The highest BCUT2D eigenvalue weighted by molar-refractivity contribution is 5.53. The standard InChI is InChI=1S/C11H14N4/c12-11(8-2-1-3-8)9-6-14-15-5-4-13-7-10(9)15/h4-8,11H,1-3,12H2. The van der Waals surface area contributed by atoms with Crippen LogP contribution < -0.4 is 5.73 Å². The van der Waals surface area contributed by atoms with E-state index in [9.17, 15) is 0 Å². The molecule has 0 aromatic carbocycles. The molecule has 0 spiro atoms. The van der Waals surface area contributed by atoms with E-state index in [4.69, 9.17) is 5.73 Å². The van der Waals surface area contributed by atoms with Gasteiger partial charge in [0.05, 0.1) is 17.9 Å². The molecule has 2 aromatic rings. The van der Waals surface area contributed by atoms with E-state index < -0.39 is 0 Å². The van der Waals surface area contributed by atoms with Crippen LogP contribution in [0, 0.1) is 5.92 Å². The fourth-order valence-corrected chi connectivity index (χ4v) is 2.16. The van der Waals surface area contributed by atoms with E-state index in [0.29, 0.717) is 5.92 Å². The Hall–Kier alpha value is -1.42. The first-order valence-electron chi connectivity index (χ1n) is 5.39. The predicted octanol–water partition coefficient (Wildman–Crippen LogP) is 1.53. The van der Waals surface area contributed by atoms with Gasteiger partial charge in [0.25, 0.3) is 0 Å². The monoisotopic (exact) mass is 202 g/mol. The van der Waals surface area contributed by atoms with Crippen LogP contribution in [0.15, 0.2) is 24.8 Å². The van der Waals surface area contributed by atoms with Gasteiger partial charge >= 0.3 is 0 Å². The van der Waals surface area contributed by atoms with Crippen LogP contribution in [0.2, 0.25) is 0 Å². The second-order valence-corrected chi connectivity index (χ2v) is 4.22. The van der Waals surface area contributed by atoms with Crippen molar-refractivity contribution in [3.05, 3.63) is 30.4 Å². The summed E-state index contributed by atoms with van der Waals surface area (Å²) in [5.74, 6) is 0.637. The molecule has 0 bridgehead atoms. The predicted molar refractivity (Wildman–Crippen MR) is 57.3 cm³/mol. The van der Waals surface area contributed by atoms with Crippen LogP contribution in [0.4, 0.5) is 0 Å². The molecule has 3 rings (SSSR count). The Balaban J connectivity index is 2.02. The Morgan fingerprint density at radius 2 is 2.27 bits per heavy atom. The van der Waals surface area contributed by atoms with E-state index in [1.165, 1.54) is 19.3 Å². The summed E-state index contributed by atoms with van der Waals surface area (Å²) in [7, 11) is 0. The molecule has 1 aliphatic carbocycles. The average Bonchev–Trinajstić information content (AvgIpc) is 2.58. The molecule has 0 saturated heterocycles. The quantitative estimate of drug-likeness (QED) is 0.803. The molecule has 1 atom stereocenters. The number of hydrogen-bond acceptors (Lipinski definition) is 3. The third-order valence-electron chi connectivity index (χ3n) is 3.37. The Morgan fingerprint density at radius 1 is 1.40 bits per heavy atom. The van der Waals surface area contributed by atoms with E-state index in [1.54, 1.807) is 6.20 Å². The smallest absolute Gasteiger partial charge is 0.0892 e. The first-order chi connectivity index (χ1) is 7.36. The first kappa shape index (κ1) is 8.85. The molecular weight excluding hydrogens is 188 g/mol. The minimum Gasteiger partial charge on any atom is -0.324 e. The molecule has 2 heterocycles. The van der Waals surface area contributed by atoms with Gasteiger partial charge in [-0.3, -0.25) is 4.98 Å². The van der Waals surface area contributed by atoms with Crippen LogP contribution in [-0.2, 0) is 0 Å². The third-order valence-corrected chi connectivity index (χ3v) is 3.37. The van der Waals surface area contributed by atoms with Gasteiger partial charge in [-0.2, -0.15) is 5.10 Å². The van der Waals surface area contributed by atoms with Gasteiger partial charge < -0.3 is 5.73 Å². The van der Waals surface area contributed by atoms with Crippen LogP contribution in [0.1, 0.15) is 30.9 Å². The van der Waals surface area contributed by atoms with Crippen molar-refractivity contribution in [1.29, 1.82) is 0 Å². The molecular formula is C11H14N4. The van der Waals surface area contributed by atoms with Gasteiger partial charge in [-0.15, -0.1) is 0 Å². The molecule has 4 heteroatoms. The fraction of sp³-hybridized carbons (Fsp3) is 0.455. The first-order valence-corrected chi connectivity index (χ1v) is 5.39. The second-order valence-electron chi connectivity index (χ2n) is 4.22. The van der Waals surface area contributed by atoms with Crippen molar-refractivity contribution >= 4 is 5.52 Å². The largest absolute Gasteiger partial charge is 0.324 e. The van der Waals surface area contributed by atoms with Crippen molar-refractivity contribution in [2.24, 2.45) is 11.7 Å². The van der Waals surface area contributed by atoms with Crippen molar-refractivity contribution in [3.63, 3.8) is 0 Å². The number of hydrogen-bond donors (Lipinski definition) is 1. The van der Waals surface area contributed by atoms with Crippen molar-refractivity contribution in [3.8, 4) is 0 Å². The van der Waals surface area contributed by atoms with Crippen molar-refractivity contribution in [2.75, 3.05) is 0 Å². The van der Waals surface area contributed by atoms with Crippen molar-refractivity contribution in [2.45, 2.75) is 25.3 Å². The second kappa shape index (κ2) is 3.31. The summed E-state index contributed by atoms with van der Waals surface area (Å²) < 4.78 is 1.83. The number of fused-ring (bicyclic) bond motifs is 1. The molecule has 1 aliphatic rings. The van der Waals surface area contributed by atoms with E-state index in [2.05, 4.69) is 10.1 Å². The van der Waals surface area contributed by atoms with E-state index in [0.717, 1.165) is 11.1 Å². The zero-order valence-corrected chi connectivity index (χ0v) is 8.50. The maximum absolute atomic E-state index is 6.23. The summed E-state index contributed by atoms with van der Waals surface area (Å²) in [5.41, 5.74) is 8.40. The third kappa shape index (κ3) is 1.33. The highest BCUT2D eigenvalue weighted by Crippen LogP contribution is 2.37. The summed E-state index contributed by atoms with van der Waals surface area (Å²) in [6.45, 7) is 0. The lowest BCUT2D eigenvalue weighted by Gasteiger charge is -2.30. The van der Waals surface area contributed by atoms with Gasteiger partial charge in [-0.1, -0.05) is 6.42 Å². The molecule has 15 heavy (non-hydrogen) atoms. The molecule has 0 radical (unpaired) electrons. The lowest BCUT2D eigenvalue weighted by Crippen LogP contribution is -2.26. The summed E-state index contributed by atoms with van der Waals surface area (Å²) in [4.78, 5) is 4.11. The number of nitrogens with two attached hydrogens (primary N) is 1. The van der Waals surface area contributed by atoms with Gasteiger partial charge in [0, 0.05) is 24.0 Å². The van der Waals surface area contributed by atoms with Crippen molar-refractivity contribution < 1.29 is 0 Å². The molecule has 4 nitrogen and oxygen atoms in total. The van der Waals surface area contributed by atoms with Crippen LogP contribution in [0.3, 0.4) is 0 Å². The van der Waals surface area contributed by atoms with Gasteiger partial charge in [-0.05, 0) is 18.8 Å². The summed E-state index contributed by atoms with van der Waals surface area (Å²) in [5, 5.41) is 4.28. The molecule has 1 saturated carbocycles. The minimum absolute atomic E-state index is 0.125. The van der Waals surface area contributed by atoms with Crippen LogP contribution in [0.25, 0.3) is 5.52 Å². The van der Waals surface area contributed by atoms with E-state index >= 15 is 0 Å². The molecule has 2 N–H and O–H groups in total. The highest BCUT2D eigenvalue weighted by Gasteiger charge is 2.27. The molecule has 78 valence electrons. The minimum atomic E-state index is 0.125. The molecule has 1 unspecified atom stereocenters. The Bertz CT molecular complexity index is 472. The highest BCUT2D eigenvalue weighted by atomic mass is 15.2. The van der Waals surface area contributed by atoms with Crippen LogP contribution in [0.5, 0.6) is 0 Å².